The van der Waals surface area contributed by atoms with Crippen molar-refractivity contribution in [3.63, 3.8) is 0 Å². The maximum absolute atomic E-state index is 14.0. The van der Waals surface area contributed by atoms with Crippen molar-refractivity contribution in [2.75, 3.05) is 0 Å². The molecule has 2 aromatic heterocycles. The standard InChI is InChI=1S/C19H17F3N4O/c1-10-25-15(8-17(27)26-10)14-7-16(24-9-23-14)19(2,3)11-4-5-12(18(21)22)13(20)6-11/h4-9,18H,1-3H3,(H,25,26,27). The second-order valence-electron chi connectivity index (χ2n) is 6.67. The molecule has 0 saturated carbocycles. The van der Waals surface area contributed by atoms with Crippen molar-refractivity contribution in [3.8, 4) is 11.4 Å². The van der Waals surface area contributed by atoms with Gasteiger partial charge in [-0.15, -0.1) is 0 Å². The van der Waals surface area contributed by atoms with Crippen LogP contribution in [0.2, 0.25) is 0 Å². The number of rotatable bonds is 4. The molecule has 0 spiro atoms. The smallest absolute Gasteiger partial charge is 0.266 e. The Labute approximate surface area is 153 Å². The molecule has 0 amide bonds. The van der Waals surface area contributed by atoms with Crippen molar-refractivity contribution in [1.82, 2.24) is 19.9 Å². The number of hydrogen-bond donors (Lipinski definition) is 1. The third-order valence-corrected chi connectivity index (χ3v) is 4.39. The fourth-order valence-corrected chi connectivity index (χ4v) is 2.79. The summed E-state index contributed by atoms with van der Waals surface area (Å²) >= 11 is 0. The first-order chi connectivity index (χ1) is 12.7. The van der Waals surface area contributed by atoms with E-state index in [1.54, 1.807) is 26.8 Å². The normalized spacial score (nSPS) is 11.8. The quantitative estimate of drug-likeness (QED) is 0.751. The molecular formula is C19H17F3N4O. The Balaban J connectivity index is 2.05. The van der Waals surface area contributed by atoms with E-state index in [0.29, 0.717) is 28.5 Å². The van der Waals surface area contributed by atoms with E-state index < -0.39 is 23.2 Å². The number of nitrogens with one attached hydrogen (secondary N) is 1. The van der Waals surface area contributed by atoms with E-state index >= 15 is 0 Å². The fourth-order valence-electron chi connectivity index (χ4n) is 2.79. The fraction of sp³-hybridized carbons (Fsp3) is 0.263. The molecule has 3 aromatic rings. The zero-order valence-electron chi connectivity index (χ0n) is 14.9. The van der Waals surface area contributed by atoms with Crippen molar-refractivity contribution in [1.29, 1.82) is 0 Å². The molecule has 0 aliphatic rings. The van der Waals surface area contributed by atoms with Crippen LogP contribution in [0.3, 0.4) is 0 Å². The van der Waals surface area contributed by atoms with E-state index in [9.17, 15) is 18.0 Å². The van der Waals surface area contributed by atoms with Crippen LogP contribution in [-0.4, -0.2) is 19.9 Å². The average Bonchev–Trinajstić information content (AvgIpc) is 2.60. The van der Waals surface area contributed by atoms with Crippen molar-refractivity contribution >= 4 is 0 Å². The predicted molar refractivity (Wildman–Crippen MR) is 94.1 cm³/mol. The minimum absolute atomic E-state index is 0.304. The molecule has 0 aliphatic heterocycles. The lowest BCUT2D eigenvalue weighted by molar-refractivity contribution is 0.146. The van der Waals surface area contributed by atoms with Crippen LogP contribution in [0.25, 0.3) is 11.4 Å². The zero-order chi connectivity index (χ0) is 19.8. The second-order valence-corrected chi connectivity index (χ2v) is 6.67. The Kier molecular flexibility index (Phi) is 4.82. The van der Waals surface area contributed by atoms with E-state index in [0.717, 1.165) is 12.1 Å². The van der Waals surface area contributed by atoms with Crippen LogP contribution in [0.4, 0.5) is 13.2 Å². The number of aromatic nitrogens is 4. The molecule has 3 rings (SSSR count). The zero-order valence-corrected chi connectivity index (χ0v) is 14.9. The number of alkyl halides is 2. The van der Waals surface area contributed by atoms with Crippen molar-refractivity contribution < 1.29 is 13.2 Å². The van der Waals surface area contributed by atoms with Crippen molar-refractivity contribution in [2.45, 2.75) is 32.6 Å². The van der Waals surface area contributed by atoms with Gasteiger partial charge in [-0.25, -0.2) is 28.1 Å². The van der Waals surface area contributed by atoms with Gasteiger partial charge in [0.25, 0.3) is 12.0 Å². The maximum atomic E-state index is 14.0. The molecule has 0 radical (unpaired) electrons. The molecule has 0 atom stereocenters. The number of nitrogens with zero attached hydrogens (tertiary/aromatic N) is 3. The summed E-state index contributed by atoms with van der Waals surface area (Å²) in [5.41, 5.74) is 0.125. The first-order valence-electron chi connectivity index (χ1n) is 8.17. The molecule has 0 aliphatic carbocycles. The SMILES string of the molecule is Cc1nc(-c2cc(C(C)(C)c3ccc(C(F)F)c(F)c3)ncn2)cc(=O)[nH]1. The van der Waals surface area contributed by atoms with E-state index in [1.807, 2.05) is 0 Å². The Morgan fingerprint density at radius 1 is 1.07 bits per heavy atom. The first-order valence-corrected chi connectivity index (χ1v) is 8.17. The summed E-state index contributed by atoms with van der Waals surface area (Å²) in [6.07, 6.45) is -1.55. The molecule has 8 heteroatoms. The average molecular weight is 374 g/mol. The minimum Gasteiger partial charge on any atom is -0.311 e. The van der Waals surface area contributed by atoms with Gasteiger partial charge in [-0.1, -0.05) is 26.0 Å². The molecule has 140 valence electrons. The molecular weight excluding hydrogens is 357 g/mol. The van der Waals surface area contributed by atoms with Gasteiger partial charge in [0.1, 0.15) is 18.0 Å². The summed E-state index contributed by atoms with van der Waals surface area (Å²) in [5.74, 6) is -0.515. The highest BCUT2D eigenvalue weighted by Crippen LogP contribution is 2.33. The Bertz CT molecular complexity index is 1050. The van der Waals surface area contributed by atoms with Gasteiger partial charge >= 0.3 is 0 Å². The largest absolute Gasteiger partial charge is 0.311 e. The molecule has 1 N–H and O–H groups in total. The van der Waals surface area contributed by atoms with Gasteiger partial charge < -0.3 is 4.98 Å². The predicted octanol–water partition coefficient (Wildman–Crippen LogP) is 3.94. The molecule has 0 bridgehead atoms. The Morgan fingerprint density at radius 3 is 2.44 bits per heavy atom. The summed E-state index contributed by atoms with van der Waals surface area (Å²) in [5, 5.41) is 0. The lowest BCUT2D eigenvalue weighted by atomic mass is 9.80. The summed E-state index contributed by atoms with van der Waals surface area (Å²) in [4.78, 5) is 26.9. The maximum Gasteiger partial charge on any atom is 0.266 e. The van der Waals surface area contributed by atoms with Crippen LogP contribution in [0.1, 0.15) is 42.9 Å². The number of aromatic amines is 1. The Hall–Kier alpha value is -3.03. The molecule has 2 heterocycles. The minimum atomic E-state index is -2.88. The number of hydrogen-bond acceptors (Lipinski definition) is 4. The van der Waals surface area contributed by atoms with Gasteiger partial charge in [-0.3, -0.25) is 4.79 Å². The van der Waals surface area contributed by atoms with E-state index in [-0.39, 0.29) is 5.56 Å². The van der Waals surface area contributed by atoms with Gasteiger partial charge in [0.05, 0.1) is 22.6 Å². The van der Waals surface area contributed by atoms with Crippen LogP contribution in [0.5, 0.6) is 0 Å². The Morgan fingerprint density at radius 2 is 1.81 bits per heavy atom. The van der Waals surface area contributed by atoms with Crippen LogP contribution in [-0.2, 0) is 5.41 Å². The van der Waals surface area contributed by atoms with Crippen molar-refractivity contribution in [2.24, 2.45) is 0 Å². The van der Waals surface area contributed by atoms with Gasteiger partial charge in [0.2, 0.25) is 0 Å². The van der Waals surface area contributed by atoms with Gasteiger partial charge in [-0.2, -0.15) is 0 Å². The summed E-state index contributed by atoms with van der Waals surface area (Å²) in [6, 6.07) is 6.62. The molecule has 1 aromatic carbocycles. The van der Waals surface area contributed by atoms with Crippen LogP contribution >= 0.6 is 0 Å². The van der Waals surface area contributed by atoms with Gasteiger partial charge in [0.15, 0.2) is 0 Å². The summed E-state index contributed by atoms with van der Waals surface area (Å²) in [7, 11) is 0. The number of aryl methyl sites for hydroxylation is 1. The van der Waals surface area contributed by atoms with E-state index in [2.05, 4.69) is 19.9 Å². The molecule has 5 nitrogen and oxygen atoms in total. The first kappa shape index (κ1) is 18.8. The second kappa shape index (κ2) is 6.94. The van der Waals surface area contributed by atoms with Gasteiger partial charge in [0, 0.05) is 11.5 Å². The topological polar surface area (TPSA) is 71.5 Å². The summed E-state index contributed by atoms with van der Waals surface area (Å²) in [6.45, 7) is 5.25. The number of halogens is 3. The lowest BCUT2D eigenvalue weighted by Crippen LogP contribution is -2.21. The monoisotopic (exact) mass is 374 g/mol. The highest BCUT2D eigenvalue weighted by molar-refractivity contribution is 5.54. The lowest BCUT2D eigenvalue weighted by Gasteiger charge is -2.25. The van der Waals surface area contributed by atoms with Crippen LogP contribution < -0.4 is 5.56 Å². The summed E-state index contributed by atoms with van der Waals surface area (Å²) < 4.78 is 39.6. The third-order valence-electron chi connectivity index (χ3n) is 4.39. The number of benzene rings is 1. The van der Waals surface area contributed by atoms with Gasteiger partial charge in [-0.05, 0) is 24.6 Å². The third kappa shape index (κ3) is 3.74. The van der Waals surface area contributed by atoms with Crippen molar-refractivity contribution in [3.05, 3.63) is 75.5 Å². The molecule has 0 saturated heterocycles. The highest BCUT2D eigenvalue weighted by Gasteiger charge is 2.27. The van der Waals surface area contributed by atoms with E-state index in [1.165, 1.54) is 18.5 Å². The molecule has 0 unspecified atom stereocenters. The highest BCUT2D eigenvalue weighted by atomic mass is 19.3. The van der Waals surface area contributed by atoms with Crippen LogP contribution in [0.15, 0.2) is 41.5 Å². The molecule has 0 fully saturated rings. The van der Waals surface area contributed by atoms with E-state index in [4.69, 9.17) is 0 Å². The number of H-pyrrole nitrogens is 1. The van der Waals surface area contributed by atoms with Crippen LogP contribution in [0, 0.1) is 12.7 Å². The molecule has 27 heavy (non-hydrogen) atoms.